The first kappa shape index (κ1) is 19.0. The van der Waals surface area contributed by atoms with Gasteiger partial charge in [-0.3, -0.25) is 14.4 Å². The highest BCUT2D eigenvalue weighted by molar-refractivity contribution is 6.00. The van der Waals surface area contributed by atoms with Gasteiger partial charge in [-0.1, -0.05) is 31.5 Å². The predicted octanol–water partition coefficient (Wildman–Crippen LogP) is 2.24. The number of anilines is 1. The van der Waals surface area contributed by atoms with E-state index in [4.69, 9.17) is 0 Å². The van der Waals surface area contributed by atoms with Gasteiger partial charge in [0.15, 0.2) is 0 Å². The third-order valence-corrected chi connectivity index (χ3v) is 6.74. The van der Waals surface area contributed by atoms with Gasteiger partial charge < -0.3 is 15.5 Å². The molecule has 1 saturated carbocycles. The maximum absolute atomic E-state index is 12.8. The molecule has 2 saturated heterocycles. The number of carbonyl (C=O) groups is 3. The van der Waals surface area contributed by atoms with Crippen molar-refractivity contribution in [2.75, 3.05) is 11.4 Å². The van der Waals surface area contributed by atoms with Crippen molar-refractivity contribution in [3.8, 4) is 0 Å². The number of fused-ring (bicyclic) bond motifs is 1. The quantitative estimate of drug-likeness (QED) is 0.837. The molecule has 0 aromatic heterocycles. The zero-order chi connectivity index (χ0) is 19.7. The van der Waals surface area contributed by atoms with E-state index in [9.17, 15) is 14.4 Å². The number of para-hydroxylation sites is 1. The van der Waals surface area contributed by atoms with Crippen LogP contribution in [0.25, 0.3) is 0 Å². The molecular formula is C22H29N3O3. The molecule has 6 heteroatoms. The fourth-order valence-electron chi connectivity index (χ4n) is 5.22. The highest BCUT2D eigenvalue weighted by Crippen LogP contribution is 2.37. The summed E-state index contributed by atoms with van der Waals surface area (Å²) in [6.07, 6.45) is 4.70. The monoisotopic (exact) mass is 383 g/mol. The Bertz CT molecular complexity index is 751. The number of hydrogen-bond donors (Lipinski definition) is 2. The standard InChI is InChI=1S/C22H29N3O3/c1-2-14-10-20(26)24-19-12-16(8-9-18(14)19)23-22(28)15-11-21(27)25(13-15)17-6-4-3-5-7-17/h3-7,14-16,18-19H,2,8-13H2,1H3,(H,23,28)(H,24,26). The van der Waals surface area contributed by atoms with Crippen LogP contribution < -0.4 is 15.5 Å². The summed E-state index contributed by atoms with van der Waals surface area (Å²) in [6, 6.07) is 9.75. The fourth-order valence-corrected chi connectivity index (χ4v) is 5.22. The molecule has 2 aliphatic heterocycles. The minimum Gasteiger partial charge on any atom is -0.353 e. The van der Waals surface area contributed by atoms with E-state index in [0.717, 1.165) is 31.4 Å². The van der Waals surface area contributed by atoms with Crippen LogP contribution in [0.5, 0.6) is 0 Å². The minimum absolute atomic E-state index is 0.000361. The molecule has 2 N–H and O–H groups in total. The van der Waals surface area contributed by atoms with Crippen LogP contribution in [0.2, 0.25) is 0 Å². The average molecular weight is 383 g/mol. The van der Waals surface area contributed by atoms with E-state index in [1.54, 1.807) is 4.90 Å². The van der Waals surface area contributed by atoms with Gasteiger partial charge in [0.1, 0.15) is 0 Å². The molecule has 5 unspecified atom stereocenters. The highest BCUT2D eigenvalue weighted by Gasteiger charge is 2.41. The van der Waals surface area contributed by atoms with Crippen molar-refractivity contribution in [1.82, 2.24) is 10.6 Å². The summed E-state index contributed by atoms with van der Waals surface area (Å²) < 4.78 is 0. The molecule has 0 bridgehead atoms. The Morgan fingerprint density at radius 1 is 1.18 bits per heavy atom. The van der Waals surface area contributed by atoms with Crippen molar-refractivity contribution in [1.29, 1.82) is 0 Å². The zero-order valence-electron chi connectivity index (χ0n) is 16.4. The molecule has 3 fully saturated rings. The van der Waals surface area contributed by atoms with Gasteiger partial charge in [-0.15, -0.1) is 0 Å². The molecule has 3 amide bonds. The number of hydrogen-bond acceptors (Lipinski definition) is 3. The number of piperidine rings is 1. The highest BCUT2D eigenvalue weighted by atomic mass is 16.2. The van der Waals surface area contributed by atoms with E-state index in [1.807, 2.05) is 30.3 Å². The Hall–Kier alpha value is -2.37. The van der Waals surface area contributed by atoms with Gasteiger partial charge in [0.2, 0.25) is 17.7 Å². The maximum atomic E-state index is 12.8. The first-order chi connectivity index (χ1) is 13.5. The summed E-state index contributed by atoms with van der Waals surface area (Å²) >= 11 is 0. The Kier molecular flexibility index (Phi) is 5.38. The Balaban J connectivity index is 1.34. The van der Waals surface area contributed by atoms with E-state index in [-0.39, 0.29) is 42.1 Å². The molecule has 4 rings (SSSR count). The molecule has 0 spiro atoms. The van der Waals surface area contributed by atoms with Crippen LogP contribution in [0.15, 0.2) is 30.3 Å². The smallest absolute Gasteiger partial charge is 0.227 e. The van der Waals surface area contributed by atoms with Crippen molar-refractivity contribution >= 4 is 23.4 Å². The number of rotatable bonds is 4. The molecule has 0 radical (unpaired) electrons. The molecule has 1 aromatic rings. The normalized spacial score (nSPS) is 32.6. The van der Waals surface area contributed by atoms with E-state index < -0.39 is 0 Å². The lowest BCUT2D eigenvalue weighted by Crippen LogP contribution is -2.55. The number of nitrogens with one attached hydrogen (secondary N) is 2. The van der Waals surface area contributed by atoms with Crippen LogP contribution >= 0.6 is 0 Å². The molecule has 1 aliphatic carbocycles. The van der Waals surface area contributed by atoms with Crippen LogP contribution in [0.1, 0.15) is 45.4 Å². The molecule has 6 nitrogen and oxygen atoms in total. The van der Waals surface area contributed by atoms with Crippen LogP contribution in [-0.4, -0.2) is 36.3 Å². The second-order valence-corrected chi connectivity index (χ2v) is 8.47. The maximum Gasteiger partial charge on any atom is 0.227 e. The third kappa shape index (κ3) is 3.77. The average Bonchev–Trinajstić information content (AvgIpc) is 3.09. The van der Waals surface area contributed by atoms with E-state index in [1.165, 1.54) is 0 Å². The Morgan fingerprint density at radius 3 is 2.71 bits per heavy atom. The van der Waals surface area contributed by atoms with Crippen LogP contribution in [0, 0.1) is 17.8 Å². The van der Waals surface area contributed by atoms with Crippen molar-refractivity contribution in [2.45, 2.75) is 57.5 Å². The summed E-state index contributed by atoms with van der Waals surface area (Å²) in [5, 5.41) is 6.30. The van der Waals surface area contributed by atoms with Crippen molar-refractivity contribution in [2.24, 2.45) is 17.8 Å². The summed E-state index contributed by atoms with van der Waals surface area (Å²) in [4.78, 5) is 38.9. The molecule has 1 aromatic carbocycles. The number of amides is 3. The summed E-state index contributed by atoms with van der Waals surface area (Å²) in [6.45, 7) is 2.59. The summed E-state index contributed by atoms with van der Waals surface area (Å²) in [5.41, 5.74) is 0.846. The summed E-state index contributed by atoms with van der Waals surface area (Å²) in [5.74, 6) is 0.777. The van der Waals surface area contributed by atoms with Gasteiger partial charge in [-0.25, -0.2) is 0 Å². The molecule has 2 heterocycles. The Morgan fingerprint density at radius 2 is 1.96 bits per heavy atom. The first-order valence-electron chi connectivity index (χ1n) is 10.5. The lowest BCUT2D eigenvalue weighted by molar-refractivity contribution is -0.128. The topological polar surface area (TPSA) is 78.5 Å². The van der Waals surface area contributed by atoms with Gasteiger partial charge in [0.05, 0.1) is 5.92 Å². The van der Waals surface area contributed by atoms with E-state index in [0.29, 0.717) is 24.8 Å². The second-order valence-electron chi connectivity index (χ2n) is 8.47. The van der Waals surface area contributed by atoms with Crippen molar-refractivity contribution in [3.63, 3.8) is 0 Å². The Labute approximate surface area is 166 Å². The minimum atomic E-state index is -0.310. The third-order valence-electron chi connectivity index (χ3n) is 6.74. The van der Waals surface area contributed by atoms with Crippen molar-refractivity contribution < 1.29 is 14.4 Å². The number of carbonyl (C=O) groups excluding carboxylic acids is 3. The number of nitrogens with zero attached hydrogens (tertiary/aromatic N) is 1. The largest absolute Gasteiger partial charge is 0.353 e. The fraction of sp³-hybridized carbons (Fsp3) is 0.591. The van der Waals surface area contributed by atoms with Gasteiger partial charge in [0.25, 0.3) is 0 Å². The molecule has 28 heavy (non-hydrogen) atoms. The van der Waals surface area contributed by atoms with Crippen molar-refractivity contribution in [3.05, 3.63) is 30.3 Å². The lowest BCUT2D eigenvalue weighted by atomic mass is 9.70. The van der Waals surface area contributed by atoms with E-state index in [2.05, 4.69) is 17.6 Å². The molecular weight excluding hydrogens is 354 g/mol. The SMILES string of the molecule is CCC1CC(=O)NC2CC(NC(=O)C3CC(=O)N(c4ccccc4)C3)CCC12. The van der Waals surface area contributed by atoms with Gasteiger partial charge in [0, 0.05) is 37.2 Å². The zero-order valence-corrected chi connectivity index (χ0v) is 16.4. The molecule has 3 aliphatic rings. The van der Waals surface area contributed by atoms with Crippen LogP contribution in [0.3, 0.4) is 0 Å². The van der Waals surface area contributed by atoms with Gasteiger partial charge in [-0.2, -0.15) is 0 Å². The number of benzene rings is 1. The summed E-state index contributed by atoms with van der Waals surface area (Å²) in [7, 11) is 0. The van der Waals surface area contributed by atoms with E-state index >= 15 is 0 Å². The second kappa shape index (κ2) is 7.94. The molecule has 5 atom stereocenters. The lowest BCUT2D eigenvalue weighted by Gasteiger charge is -2.44. The first-order valence-corrected chi connectivity index (χ1v) is 10.5. The predicted molar refractivity (Wildman–Crippen MR) is 107 cm³/mol. The van der Waals surface area contributed by atoms with Crippen LogP contribution in [0.4, 0.5) is 5.69 Å². The van der Waals surface area contributed by atoms with Crippen LogP contribution in [-0.2, 0) is 14.4 Å². The van der Waals surface area contributed by atoms with Gasteiger partial charge in [-0.05, 0) is 43.2 Å². The molecule has 150 valence electrons. The van der Waals surface area contributed by atoms with Gasteiger partial charge >= 0.3 is 0 Å².